The van der Waals surface area contributed by atoms with Crippen molar-refractivity contribution in [1.29, 1.82) is 0 Å². The van der Waals surface area contributed by atoms with Crippen molar-refractivity contribution in [2.75, 3.05) is 0 Å². The Balaban J connectivity index is 2.00. The fourth-order valence-corrected chi connectivity index (χ4v) is 2.37. The molecular formula is C14H15N3. The maximum absolute atomic E-state index is 6.27. The van der Waals surface area contributed by atoms with E-state index in [1.807, 2.05) is 12.1 Å². The molecule has 0 aliphatic heterocycles. The van der Waals surface area contributed by atoms with Crippen molar-refractivity contribution in [3.8, 4) is 0 Å². The molecule has 0 radical (unpaired) electrons. The first-order valence-corrected chi connectivity index (χ1v) is 6.00. The van der Waals surface area contributed by atoms with E-state index in [0.717, 1.165) is 29.4 Å². The second-order valence-electron chi connectivity index (χ2n) is 4.45. The highest BCUT2D eigenvalue weighted by Gasteiger charge is 2.15. The molecule has 0 bridgehead atoms. The SMILES string of the molecule is NC(C1=CCCC1)c1ccc2nccnc2c1. The van der Waals surface area contributed by atoms with Gasteiger partial charge in [-0.2, -0.15) is 0 Å². The van der Waals surface area contributed by atoms with E-state index in [2.05, 4.69) is 22.1 Å². The minimum absolute atomic E-state index is 0.0175. The molecule has 0 amide bonds. The Bertz CT molecular complexity index is 574. The summed E-state index contributed by atoms with van der Waals surface area (Å²) in [6.07, 6.45) is 9.21. The normalized spacial score (nSPS) is 17.1. The van der Waals surface area contributed by atoms with Crippen molar-refractivity contribution in [3.05, 3.63) is 47.8 Å². The van der Waals surface area contributed by atoms with Crippen LogP contribution in [-0.4, -0.2) is 9.97 Å². The van der Waals surface area contributed by atoms with Crippen LogP contribution >= 0.6 is 0 Å². The molecule has 1 aromatic carbocycles. The summed E-state index contributed by atoms with van der Waals surface area (Å²) in [5.41, 5.74) is 10.6. The van der Waals surface area contributed by atoms with E-state index >= 15 is 0 Å². The number of rotatable bonds is 2. The lowest BCUT2D eigenvalue weighted by atomic mass is 9.99. The number of benzene rings is 1. The molecule has 0 spiro atoms. The van der Waals surface area contributed by atoms with Crippen LogP contribution < -0.4 is 5.73 Å². The van der Waals surface area contributed by atoms with Crippen LogP contribution in [0.1, 0.15) is 30.9 Å². The van der Waals surface area contributed by atoms with Gasteiger partial charge in [-0.1, -0.05) is 17.7 Å². The monoisotopic (exact) mass is 225 g/mol. The third-order valence-corrected chi connectivity index (χ3v) is 3.33. The molecule has 3 heteroatoms. The molecule has 3 rings (SSSR count). The fraction of sp³-hybridized carbons (Fsp3) is 0.286. The van der Waals surface area contributed by atoms with Crippen LogP contribution in [0.4, 0.5) is 0 Å². The van der Waals surface area contributed by atoms with E-state index in [4.69, 9.17) is 5.73 Å². The number of allylic oxidation sites excluding steroid dienone is 1. The van der Waals surface area contributed by atoms with Gasteiger partial charge >= 0.3 is 0 Å². The van der Waals surface area contributed by atoms with Crippen LogP contribution in [0.25, 0.3) is 11.0 Å². The summed E-state index contributed by atoms with van der Waals surface area (Å²) in [5, 5.41) is 0. The van der Waals surface area contributed by atoms with Gasteiger partial charge in [0.2, 0.25) is 0 Å². The summed E-state index contributed by atoms with van der Waals surface area (Å²) >= 11 is 0. The van der Waals surface area contributed by atoms with Gasteiger partial charge in [0.25, 0.3) is 0 Å². The number of nitrogens with zero attached hydrogens (tertiary/aromatic N) is 2. The topological polar surface area (TPSA) is 51.8 Å². The van der Waals surface area contributed by atoms with E-state index in [-0.39, 0.29) is 6.04 Å². The molecule has 1 atom stereocenters. The summed E-state index contributed by atoms with van der Waals surface area (Å²) < 4.78 is 0. The highest BCUT2D eigenvalue weighted by molar-refractivity contribution is 5.74. The Morgan fingerprint density at radius 1 is 1.12 bits per heavy atom. The predicted octanol–water partition coefficient (Wildman–Crippen LogP) is 2.74. The standard InChI is InChI=1S/C14H15N3/c15-14(10-3-1-2-4-10)11-5-6-12-13(9-11)17-8-7-16-12/h3,5-9,14H,1-2,4,15H2. The molecular weight excluding hydrogens is 210 g/mol. The van der Waals surface area contributed by atoms with Crippen molar-refractivity contribution < 1.29 is 0 Å². The Morgan fingerprint density at radius 3 is 2.71 bits per heavy atom. The largest absolute Gasteiger partial charge is 0.321 e. The predicted molar refractivity (Wildman–Crippen MR) is 68.4 cm³/mol. The van der Waals surface area contributed by atoms with Crippen LogP contribution in [0.5, 0.6) is 0 Å². The van der Waals surface area contributed by atoms with Gasteiger partial charge in [0.1, 0.15) is 0 Å². The number of aromatic nitrogens is 2. The van der Waals surface area contributed by atoms with E-state index in [9.17, 15) is 0 Å². The van der Waals surface area contributed by atoms with Gasteiger partial charge in [0.05, 0.1) is 17.1 Å². The molecule has 0 saturated heterocycles. The molecule has 2 aromatic rings. The molecule has 2 N–H and O–H groups in total. The minimum atomic E-state index is 0.0175. The molecule has 0 saturated carbocycles. The van der Waals surface area contributed by atoms with Gasteiger partial charge in [-0.25, -0.2) is 0 Å². The highest BCUT2D eigenvalue weighted by atomic mass is 14.8. The van der Waals surface area contributed by atoms with Crippen molar-refractivity contribution in [2.45, 2.75) is 25.3 Å². The van der Waals surface area contributed by atoms with Crippen LogP contribution in [0, 0.1) is 0 Å². The molecule has 17 heavy (non-hydrogen) atoms. The summed E-state index contributed by atoms with van der Waals surface area (Å²) in [5.74, 6) is 0. The molecule has 3 nitrogen and oxygen atoms in total. The number of nitrogens with two attached hydrogens (primary N) is 1. The van der Waals surface area contributed by atoms with Crippen molar-refractivity contribution in [2.24, 2.45) is 5.73 Å². The summed E-state index contributed by atoms with van der Waals surface area (Å²) in [4.78, 5) is 8.57. The molecule has 1 unspecified atom stereocenters. The minimum Gasteiger partial charge on any atom is -0.321 e. The zero-order valence-corrected chi connectivity index (χ0v) is 9.63. The van der Waals surface area contributed by atoms with Crippen LogP contribution in [0.2, 0.25) is 0 Å². The van der Waals surface area contributed by atoms with Crippen molar-refractivity contribution >= 4 is 11.0 Å². The maximum Gasteiger partial charge on any atom is 0.0890 e. The Kier molecular flexibility index (Phi) is 2.61. The lowest BCUT2D eigenvalue weighted by Crippen LogP contribution is -2.12. The number of fused-ring (bicyclic) bond motifs is 1. The third kappa shape index (κ3) is 1.94. The summed E-state index contributed by atoms with van der Waals surface area (Å²) in [7, 11) is 0. The number of hydrogen-bond acceptors (Lipinski definition) is 3. The van der Waals surface area contributed by atoms with Gasteiger partial charge in [0.15, 0.2) is 0 Å². The molecule has 86 valence electrons. The molecule has 1 aromatic heterocycles. The second-order valence-corrected chi connectivity index (χ2v) is 4.45. The Labute approximate surface area is 100 Å². The van der Waals surface area contributed by atoms with Gasteiger partial charge in [-0.15, -0.1) is 0 Å². The molecule has 0 fully saturated rings. The average molecular weight is 225 g/mol. The lowest BCUT2D eigenvalue weighted by Gasteiger charge is -2.13. The van der Waals surface area contributed by atoms with Crippen LogP contribution in [-0.2, 0) is 0 Å². The van der Waals surface area contributed by atoms with E-state index in [0.29, 0.717) is 0 Å². The Morgan fingerprint density at radius 2 is 1.94 bits per heavy atom. The lowest BCUT2D eigenvalue weighted by molar-refractivity contribution is 0.785. The molecule has 1 aliphatic rings. The van der Waals surface area contributed by atoms with Gasteiger partial charge in [-0.05, 0) is 37.0 Å². The first kappa shape index (κ1) is 10.4. The van der Waals surface area contributed by atoms with Gasteiger partial charge in [-0.3, -0.25) is 9.97 Å². The van der Waals surface area contributed by atoms with Gasteiger partial charge in [0, 0.05) is 12.4 Å². The summed E-state index contributed by atoms with van der Waals surface area (Å²) in [6, 6.07) is 6.11. The third-order valence-electron chi connectivity index (χ3n) is 3.33. The smallest absolute Gasteiger partial charge is 0.0890 e. The van der Waals surface area contributed by atoms with Crippen LogP contribution in [0.3, 0.4) is 0 Å². The van der Waals surface area contributed by atoms with Crippen LogP contribution in [0.15, 0.2) is 42.2 Å². The average Bonchev–Trinajstić information content (AvgIpc) is 2.91. The number of hydrogen-bond donors (Lipinski definition) is 1. The highest BCUT2D eigenvalue weighted by Crippen LogP contribution is 2.29. The van der Waals surface area contributed by atoms with E-state index < -0.39 is 0 Å². The molecule has 1 heterocycles. The van der Waals surface area contributed by atoms with E-state index in [1.54, 1.807) is 12.4 Å². The fourth-order valence-electron chi connectivity index (χ4n) is 2.37. The quantitative estimate of drug-likeness (QED) is 0.799. The first-order chi connectivity index (χ1) is 8.34. The second kappa shape index (κ2) is 4.26. The zero-order valence-electron chi connectivity index (χ0n) is 9.63. The van der Waals surface area contributed by atoms with Crippen molar-refractivity contribution in [1.82, 2.24) is 9.97 Å². The maximum atomic E-state index is 6.27. The summed E-state index contributed by atoms with van der Waals surface area (Å²) in [6.45, 7) is 0. The molecule has 1 aliphatic carbocycles. The Hall–Kier alpha value is -1.74. The zero-order chi connectivity index (χ0) is 11.7. The van der Waals surface area contributed by atoms with Gasteiger partial charge < -0.3 is 5.73 Å². The van der Waals surface area contributed by atoms with E-state index in [1.165, 1.54) is 12.0 Å². The van der Waals surface area contributed by atoms with Crippen molar-refractivity contribution in [3.63, 3.8) is 0 Å². The first-order valence-electron chi connectivity index (χ1n) is 6.00.